The first-order chi connectivity index (χ1) is 11.3. The molecule has 2 N–H and O–H groups in total. The van der Waals surface area contributed by atoms with Crippen LogP contribution in [0, 0.1) is 0 Å². The number of carbonyl (C=O) groups is 1. The lowest BCUT2D eigenvalue weighted by atomic mass is 10.1. The van der Waals surface area contributed by atoms with E-state index in [2.05, 4.69) is 22.8 Å². The van der Waals surface area contributed by atoms with E-state index in [0.29, 0.717) is 19.1 Å². The molecule has 1 heterocycles. The Hall–Kier alpha value is -1.59. The first-order valence-corrected chi connectivity index (χ1v) is 8.48. The third kappa shape index (κ3) is 7.01. The molecule has 1 aliphatic rings. The van der Waals surface area contributed by atoms with Gasteiger partial charge in [-0.25, -0.2) is 0 Å². The SMILES string of the molecule is COCCc1ccc(OCCCC(=O)NCC2CCCN2)cc1. The van der Waals surface area contributed by atoms with Crippen molar-refractivity contribution in [2.45, 2.75) is 38.1 Å². The highest BCUT2D eigenvalue weighted by atomic mass is 16.5. The molecule has 1 aromatic rings. The fraction of sp³-hybridized carbons (Fsp3) is 0.611. The lowest BCUT2D eigenvalue weighted by Crippen LogP contribution is -2.37. The minimum atomic E-state index is 0.109. The Balaban J connectivity index is 1.54. The maximum atomic E-state index is 11.7. The van der Waals surface area contributed by atoms with Crippen LogP contribution in [0.1, 0.15) is 31.2 Å². The lowest BCUT2D eigenvalue weighted by molar-refractivity contribution is -0.121. The highest BCUT2D eigenvalue weighted by Gasteiger charge is 2.14. The summed E-state index contributed by atoms with van der Waals surface area (Å²) in [5.41, 5.74) is 1.24. The third-order valence-electron chi connectivity index (χ3n) is 4.04. The van der Waals surface area contributed by atoms with Crippen molar-refractivity contribution in [3.63, 3.8) is 0 Å². The Labute approximate surface area is 138 Å². The summed E-state index contributed by atoms with van der Waals surface area (Å²) >= 11 is 0. The van der Waals surface area contributed by atoms with Crippen molar-refractivity contribution in [2.75, 3.05) is 33.4 Å². The summed E-state index contributed by atoms with van der Waals surface area (Å²) in [6, 6.07) is 8.49. The average molecular weight is 320 g/mol. The number of hydrogen-bond donors (Lipinski definition) is 2. The molecule has 1 amide bonds. The van der Waals surface area contributed by atoms with E-state index in [4.69, 9.17) is 9.47 Å². The van der Waals surface area contributed by atoms with Gasteiger partial charge in [0, 0.05) is 26.1 Å². The van der Waals surface area contributed by atoms with Gasteiger partial charge in [0.15, 0.2) is 0 Å². The van der Waals surface area contributed by atoms with Crippen molar-refractivity contribution in [1.82, 2.24) is 10.6 Å². The van der Waals surface area contributed by atoms with E-state index in [1.165, 1.54) is 12.0 Å². The molecule has 0 bridgehead atoms. The van der Waals surface area contributed by atoms with E-state index in [-0.39, 0.29) is 5.91 Å². The summed E-state index contributed by atoms with van der Waals surface area (Å²) in [7, 11) is 1.71. The van der Waals surface area contributed by atoms with Crippen LogP contribution in [0.3, 0.4) is 0 Å². The maximum Gasteiger partial charge on any atom is 0.220 e. The predicted octanol–water partition coefficient (Wildman–Crippen LogP) is 1.90. The number of carbonyl (C=O) groups excluding carboxylic acids is 1. The Morgan fingerprint density at radius 1 is 1.30 bits per heavy atom. The number of ether oxygens (including phenoxy) is 2. The summed E-state index contributed by atoms with van der Waals surface area (Å²) in [4.78, 5) is 11.7. The van der Waals surface area contributed by atoms with E-state index in [1.807, 2.05) is 12.1 Å². The molecule has 1 fully saturated rings. The highest BCUT2D eigenvalue weighted by Crippen LogP contribution is 2.13. The number of nitrogens with one attached hydrogen (secondary N) is 2. The largest absolute Gasteiger partial charge is 0.494 e. The normalized spacial score (nSPS) is 17.2. The zero-order valence-electron chi connectivity index (χ0n) is 14.0. The van der Waals surface area contributed by atoms with Crippen molar-refractivity contribution >= 4 is 5.91 Å². The van der Waals surface area contributed by atoms with Crippen LogP contribution in [0.4, 0.5) is 0 Å². The van der Waals surface area contributed by atoms with Gasteiger partial charge in [-0.2, -0.15) is 0 Å². The molecule has 0 saturated carbocycles. The number of methoxy groups -OCH3 is 1. The molecule has 0 aliphatic carbocycles. The minimum Gasteiger partial charge on any atom is -0.494 e. The Kier molecular flexibility index (Phi) is 7.90. The van der Waals surface area contributed by atoms with Gasteiger partial charge in [-0.1, -0.05) is 12.1 Å². The van der Waals surface area contributed by atoms with Gasteiger partial charge in [0.1, 0.15) is 5.75 Å². The summed E-state index contributed by atoms with van der Waals surface area (Å²) in [6.45, 7) is 3.10. The molecule has 5 heteroatoms. The predicted molar refractivity (Wildman–Crippen MR) is 90.8 cm³/mol. The van der Waals surface area contributed by atoms with Crippen molar-refractivity contribution in [2.24, 2.45) is 0 Å². The van der Waals surface area contributed by atoms with Crippen LogP contribution in [-0.2, 0) is 16.0 Å². The number of amides is 1. The van der Waals surface area contributed by atoms with Crippen molar-refractivity contribution in [3.05, 3.63) is 29.8 Å². The van der Waals surface area contributed by atoms with Gasteiger partial charge >= 0.3 is 0 Å². The number of benzene rings is 1. The fourth-order valence-electron chi connectivity index (χ4n) is 2.65. The van der Waals surface area contributed by atoms with Gasteiger partial charge < -0.3 is 20.1 Å². The molecule has 0 radical (unpaired) electrons. The minimum absolute atomic E-state index is 0.109. The second kappa shape index (κ2) is 10.2. The maximum absolute atomic E-state index is 11.7. The van der Waals surface area contributed by atoms with E-state index < -0.39 is 0 Å². The second-order valence-corrected chi connectivity index (χ2v) is 5.94. The molecule has 1 unspecified atom stereocenters. The fourth-order valence-corrected chi connectivity index (χ4v) is 2.65. The van der Waals surface area contributed by atoms with E-state index in [0.717, 1.165) is 44.7 Å². The number of hydrogen-bond acceptors (Lipinski definition) is 4. The molecular formula is C18H28N2O3. The molecule has 1 aromatic carbocycles. The molecular weight excluding hydrogens is 292 g/mol. The van der Waals surface area contributed by atoms with Gasteiger partial charge in [0.25, 0.3) is 0 Å². The average Bonchev–Trinajstić information content (AvgIpc) is 3.09. The van der Waals surface area contributed by atoms with Crippen molar-refractivity contribution in [1.29, 1.82) is 0 Å². The highest BCUT2D eigenvalue weighted by molar-refractivity contribution is 5.75. The van der Waals surface area contributed by atoms with Crippen LogP contribution in [0.2, 0.25) is 0 Å². The van der Waals surface area contributed by atoms with E-state index in [9.17, 15) is 4.79 Å². The summed E-state index contributed by atoms with van der Waals surface area (Å²) in [5.74, 6) is 0.957. The monoisotopic (exact) mass is 320 g/mol. The molecule has 0 aromatic heterocycles. The molecule has 5 nitrogen and oxygen atoms in total. The molecule has 1 aliphatic heterocycles. The summed E-state index contributed by atoms with van der Waals surface area (Å²) in [5, 5.41) is 6.35. The van der Waals surface area contributed by atoms with Crippen LogP contribution < -0.4 is 15.4 Å². The topological polar surface area (TPSA) is 59.6 Å². The van der Waals surface area contributed by atoms with Gasteiger partial charge in [-0.15, -0.1) is 0 Å². The van der Waals surface area contributed by atoms with Crippen LogP contribution in [0.15, 0.2) is 24.3 Å². The van der Waals surface area contributed by atoms with Gasteiger partial charge in [0.2, 0.25) is 5.91 Å². The molecule has 23 heavy (non-hydrogen) atoms. The molecule has 0 spiro atoms. The summed E-state index contributed by atoms with van der Waals surface area (Å²) < 4.78 is 10.7. The van der Waals surface area contributed by atoms with E-state index >= 15 is 0 Å². The van der Waals surface area contributed by atoms with Crippen molar-refractivity contribution in [3.8, 4) is 5.75 Å². The second-order valence-electron chi connectivity index (χ2n) is 5.94. The molecule has 1 saturated heterocycles. The van der Waals surface area contributed by atoms with Crippen LogP contribution in [0.25, 0.3) is 0 Å². The Morgan fingerprint density at radius 2 is 2.13 bits per heavy atom. The first-order valence-electron chi connectivity index (χ1n) is 8.48. The zero-order valence-corrected chi connectivity index (χ0v) is 14.0. The quantitative estimate of drug-likeness (QED) is 0.647. The van der Waals surface area contributed by atoms with Gasteiger partial charge in [-0.05, 0) is 49.9 Å². The Bertz CT molecular complexity index is 456. The van der Waals surface area contributed by atoms with Crippen LogP contribution in [0.5, 0.6) is 5.75 Å². The molecule has 128 valence electrons. The van der Waals surface area contributed by atoms with E-state index in [1.54, 1.807) is 7.11 Å². The van der Waals surface area contributed by atoms with Gasteiger partial charge in [0.05, 0.1) is 13.2 Å². The first kappa shape index (κ1) is 17.8. The summed E-state index contributed by atoms with van der Waals surface area (Å²) in [6.07, 6.45) is 4.52. The standard InChI is InChI=1S/C18H28N2O3/c1-22-13-10-15-6-8-17(9-7-15)23-12-3-5-18(21)20-14-16-4-2-11-19-16/h6-9,16,19H,2-5,10-14H2,1H3,(H,20,21). The van der Waals surface area contributed by atoms with Gasteiger partial charge in [-0.3, -0.25) is 4.79 Å². The van der Waals surface area contributed by atoms with Crippen molar-refractivity contribution < 1.29 is 14.3 Å². The third-order valence-corrected chi connectivity index (χ3v) is 4.04. The smallest absolute Gasteiger partial charge is 0.220 e. The van der Waals surface area contributed by atoms with Crippen LogP contribution >= 0.6 is 0 Å². The number of rotatable bonds is 10. The molecule has 1 atom stereocenters. The zero-order chi connectivity index (χ0) is 16.3. The lowest BCUT2D eigenvalue weighted by Gasteiger charge is -2.11. The Morgan fingerprint density at radius 3 is 2.83 bits per heavy atom. The molecule has 2 rings (SSSR count). The van der Waals surface area contributed by atoms with Crippen LogP contribution in [-0.4, -0.2) is 45.4 Å².